The minimum Gasteiger partial charge on any atom is -0.484 e. The first kappa shape index (κ1) is 17.3. The van der Waals surface area contributed by atoms with E-state index in [1.54, 1.807) is 23.1 Å². The molecule has 1 unspecified atom stereocenters. The third-order valence-electron chi connectivity index (χ3n) is 4.91. The molecule has 1 heterocycles. The third-order valence-corrected chi connectivity index (χ3v) is 4.91. The maximum absolute atomic E-state index is 14.6. The first-order valence-corrected chi connectivity index (χ1v) is 9.03. The highest BCUT2D eigenvalue weighted by Crippen LogP contribution is 2.36. The molecule has 0 saturated heterocycles. The normalized spacial score (nSPS) is 15.9. The van der Waals surface area contributed by atoms with Gasteiger partial charge in [-0.15, -0.1) is 0 Å². The lowest BCUT2D eigenvalue weighted by Crippen LogP contribution is -2.43. The van der Waals surface area contributed by atoms with Crippen LogP contribution < -0.4 is 4.74 Å². The lowest BCUT2D eigenvalue weighted by atomic mass is 9.88. The summed E-state index contributed by atoms with van der Waals surface area (Å²) in [6, 6.07) is 23.4. The van der Waals surface area contributed by atoms with Crippen LogP contribution in [0.1, 0.15) is 22.7 Å². The molecule has 4 rings (SSSR count). The number of benzene rings is 3. The Morgan fingerprint density at radius 3 is 2.37 bits per heavy atom. The van der Waals surface area contributed by atoms with Crippen molar-refractivity contribution in [1.29, 1.82) is 0 Å². The average Bonchev–Trinajstić information content (AvgIpc) is 2.72. The summed E-state index contributed by atoms with van der Waals surface area (Å²) in [5.74, 6) is 0.188. The fourth-order valence-corrected chi connectivity index (χ4v) is 3.61. The summed E-state index contributed by atoms with van der Waals surface area (Å²) in [6.45, 7) is 0.462. The number of amides is 1. The van der Waals surface area contributed by atoms with E-state index in [1.165, 1.54) is 6.07 Å². The molecule has 0 aromatic heterocycles. The van der Waals surface area contributed by atoms with Crippen LogP contribution in [0.5, 0.6) is 5.75 Å². The number of hydrogen-bond acceptors (Lipinski definition) is 2. The van der Waals surface area contributed by atoms with Crippen LogP contribution in [0.3, 0.4) is 0 Å². The van der Waals surface area contributed by atoms with E-state index < -0.39 is 6.04 Å². The number of para-hydroxylation sites is 1. The molecular weight excluding hydrogens is 341 g/mol. The van der Waals surface area contributed by atoms with Gasteiger partial charge in [0.15, 0.2) is 6.61 Å². The molecule has 0 radical (unpaired) electrons. The topological polar surface area (TPSA) is 29.5 Å². The molecule has 0 aliphatic carbocycles. The Kier molecular flexibility index (Phi) is 4.88. The Hall–Kier alpha value is -3.14. The van der Waals surface area contributed by atoms with Crippen LogP contribution in [0.15, 0.2) is 78.9 Å². The molecule has 1 aliphatic rings. The molecular formula is C23H20FNO2. The van der Waals surface area contributed by atoms with Crippen LogP contribution in [0, 0.1) is 5.82 Å². The Labute approximate surface area is 158 Å². The summed E-state index contributed by atoms with van der Waals surface area (Å²) in [6.07, 6.45) is 0.748. The van der Waals surface area contributed by atoms with Crippen molar-refractivity contribution in [3.63, 3.8) is 0 Å². The van der Waals surface area contributed by atoms with Crippen molar-refractivity contribution in [2.24, 2.45) is 0 Å². The molecule has 1 aliphatic heterocycles. The second-order valence-corrected chi connectivity index (χ2v) is 6.56. The van der Waals surface area contributed by atoms with Gasteiger partial charge in [-0.3, -0.25) is 4.79 Å². The minimum absolute atomic E-state index is 0.0723. The van der Waals surface area contributed by atoms with Gasteiger partial charge in [0.25, 0.3) is 5.91 Å². The van der Waals surface area contributed by atoms with Crippen molar-refractivity contribution in [3.05, 3.63) is 101 Å². The summed E-state index contributed by atoms with van der Waals surface area (Å²) in [4.78, 5) is 14.7. The molecule has 0 fully saturated rings. The largest absolute Gasteiger partial charge is 0.484 e. The molecule has 0 spiro atoms. The summed E-state index contributed by atoms with van der Waals surface area (Å²) in [7, 11) is 0. The molecule has 3 aromatic rings. The minimum atomic E-state index is -0.442. The molecule has 0 bridgehead atoms. The van der Waals surface area contributed by atoms with Crippen LogP contribution in [0.4, 0.5) is 4.39 Å². The van der Waals surface area contributed by atoms with Crippen molar-refractivity contribution in [3.8, 4) is 5.75 Å². The maximum Gasteiger partial charge on any atom is 0.261 e. The number of fused-ring (bicyclic) bond motifs is 1. The molecule has 1 atom stereocenters. The van der Waals surface area contributed by atoms with Crippen LogP contribution in [0.25, 0.3) is 0 Å². The summed E-state index contributed by atoms with van der Waals surface area (Å²) >= 11 is 0. The van der Waals surface area contributed by atoms with E-state index in [2.05, 4.69) is 0 Å². The Bertz CT molecular complexity index is 942. The van der Waals surface area contributed by atoms with Crippen LogP contribution in [-0.2, 0) is 11.2 Å². The zero-order valence-electron chi connectivity index (χ0n) is 14.8. The lowest BCUT2D eigenvalue weighted by molar-refractivity contribution is -0.135. The standard InChI is InChI=1S/C23H20FNO2/c24-21-13-7-6-12-20(21)23-19-11-5-4-8-17(19)14-15-25(23)22(26)16-27-18-9-2-1-3-10-18/h1-13,23H,14-16H2. The molecule has 27 heavy (non-hydrogen) atoms. The molecule has 4 heteroatoms. The van der Waals surface area contributed by atoms with Gasteiger partial charge in [-0.05, 0) is 35.7 Å². The van der Waals surface area contributed by atoms with E-state index in [9.17, 15) is 9.18 Å². The first-order valence-electron chi connectivity index (χ1n) is 9.03. The molecule has 0 saturated carbocycles. The van der Waals surface area contributed by atoms with Gasteiger partial charge >= 0.3 is 0 Å². The van der Waals surface area contributed by atoms with E-state index in [4.69, 9.17) is 4.74 Å². The Morgan fingerprint density at radius 1 is 0.926 bits per heavy atom. The van der Waals surface area contributed by atoms with Crippen LogP contribution in [-0.4, -0.2) is 24.0 Å². The van der Waals surface area contributed by atoms with E-state index >= 15 is 0 Å². The number of hydrogen-bond donors (Lipinski definition) is 0. The smallest absolute Gasteiger partial charge is 0.261 e. The number of carbonyl (C=O) groups is 1. The summed E-state index contributed by atoms with van der Waals surface area (Å²) < 4.78 is 20.2. The van der Waals surface area contributed by atoms with E-state index in [0.29, 0.717) is 17.9 Å². The zero-order chi connectivity index (χ0) is 18.6. The summed E-state index contributed by atoms with van der Waals surface area (Å²) in [5.41, 5.74) is 2.64. The quantitative estimate of drug-likeness (QED) is 0.690. The van der Waals surface area contributed by atoms with Gasteiger partial charge in [0.05, 0.1) is 6.04 Å². The fraction of sp³-hybridized carbons (Fsp3) is 0.174. The monoisotopic (exact) mass is 361 g/mol. The van der Waals surface area contributed by atoms with Gasteiger partial charge in [0.2, 0.25) is 0 Å². The highest BCUT2D eigenvalue weighted by atomic mass is 19.1. The van der Waals surface area contributed by atoms with Crippen LogP contribution in [0.2, 0.25) is 0 Å². The third kappa shape index (κ3) is 3.56. The zero-order valence-corrected chi connectivity index (χ0v) is 14.8. The van der Waals surface area contributed by atoms with Crippen molar-refractivity contribution in [2.45, 2.75) is 12.5 Å². The number of halogens is 1. The fourth-order valence-electron chi connectivity index (χ4n) is 3.61. The van der Waals surface area contributed by atoms with Gasteiger partial charge in [-0.1, -0.05) is 60.7 Å². The number of rotatable bonds is 4. The van der Waals surface area contributed by atoms with Crippen LogP contribution >= 0.6 is 0 Å². The van der Waals surface area contributed by atoms with Gasteiger partial charge in [0, 0.05) is 12.1 Å². The average molecular weight is 361 g/mol. The van der Waals surface area contributed by atoms with Crippen molar-refractivity contribution >= 4 is 5.91 Å². The number of nitrogens with zero attached hydrogens (tertiary/aromatic N) is 1. The second-order valence-electron chi connectivity index (χ2n) is 6.56. The molecule has 3 nitrogen and oxygen atoms in total. The molecule has 0 N–H and O–H groups in total. The Morgan fingerprint density at radius 2 is 1.59 bits per heavy atom. The predicted octanol–water partition coefficient (Wildman–Crippen LogP) is 4.38. The number of carbonyl (C=O) groups excluding carboxylic acids is 1. The van der Waals surface area contributed by atoms with Gasteiger partial charge < -0.3 is 9.64 Å². The number of ether oxygens (including phenoxy) is 1. The van der Waals surface area contributed by atoms with Crippen molar-refractivity contribution in [2.75, 3.05) is 13.2 Å². The predicted molar refractivity (Wildman–Crippen MR) is 102 cm³/mol. The summed E-state index contributed by atoms with van der Waals surface area (Å²) in [5, 5.41) is 0. The highest BCUT2D eigenvalue weighted by Gasteiger charge is 2.33. The molecule has 3 aromatic carbocycles. The molecule has 1 amide bonds. The van der Waals surface area contributed by atoms with E-state index in [0.717, 1.165) is 17.5 Å². The van der Waals surface area contributed by atoms with Gasteiger partial charge in [0.1, 0.15) is 11.6 Å². The maximum atomic E-state index is 14.6. The van der Waals surface area contributed by atoms with Gasteiger partial charge in [-0.2, -0.15) is 0 Å². The molecule has 136 valence electrons. The van der Waals surface area contributed by atoms with E-state index in [1.807, 2.05) is 54.6 Å². The second kappa shape index (κ2) is 7.62. The Balaban J connectivity index is 1.64. The van der Waals surface area contributed by atoms with Gasteiger partial charge in [-0.25, -0.2) is 4.39 Å². The lowest BCUT2D eigenvalue weighted by Gasteiger charge is -2.37. The van der Waals surface area contributed by atoms with E-state index in [-0.39, 0.29) is 18.3 Å². The highest BCUT2D eigenvalue weighted by molar-refractivity contribution is 5.79. The van der Waals surface area contributed by atoms with Crippen molar-refractivity contribution in [1.82, 2.24) is 4.90 Å². The van der Waals surface area contributed by atoms with Crippen molar-refractivity contribution < 1.29 is 13.9 Å². The first-order chi connectivity index (χ1) is 13.2. The SMILES string of the molecule is O=C(COc1ccccc1)N1CCc2ccccc2C1c1ccccc1F.